The molecule has 0 heterocycles. The Morgan fingerprint density at radius 1 is 1.33 bits per heavy atom. The fourth-order valence-corrected chi connectivity index (χ4v) is 0.974. The van der Waals surface area contributed by atoms with Crippen LogP contribution in [0.15, 0.2) is 34.5 Å². The van der Waals surface area contributed by atoms with Gasteiger partial charge in [-0.2, -0.15) is 5.10 Å². The van der Waals surface area contributed by atoms with Crippen molar-refractivity contribution in [2.45, 2.75) is 0 Å². The van der Waals surface area contributed by atoms with Crippen molar-refractivity contribution in [1.82, 2.24) is 5.43 Å². The molecule has 1 aromatic rings. The Hall–Kier alpha value is -2.37. The largest absolute Gasteiger partial charge is 0.411 e. The molecule has 1 rings (SSSR count). The van der Waals surface area contributed by atoms with E-state index in [0.29, 0.717) is 11.1 Å². The summed E-state index contributed by atoms with van der Waals surface area (Å²) in [7, 11) is 0. The number of benzene rings is 1. The Morgan fingerprint density at radius 3 is 2.47 bits per heavy atom. The van der Waals surface area contributed by atoms with Gasteiger partial charge in [0.15, 0.2) is 0 Å². The van der Waals surface area contributed by atoms with E-state index in [2.05, 4.69) is 15.7 Å². The fraction of sp³-hybridized carbons (Fsp3) is 0. The Bertz CT molecular complexity index is 401. The van der Waals surface area contributed by atoms with E-state index in [1.165, 1.54) is 12.4 Å². The van der Waals surface area contributed by atoms with Crippen molar-refractivity contribution in [3.8, 4) is 0 Å². The van der Waals surface area contributed by atoms with Crippen LogP contribution in [0.25, 0.3) is 0 Å². The van der Waals surface area contributed by atoms with E-state index >= 15 is 0 Å². The maximum atomic E-state index is 10.3. The molecular weight excluding hydrogens is 196 g/mol. The van der Waals surface area contributed by atoms with Crippen LogP contribution < -0.4 is 11.2 Å². The third-order valence-electron chi connectivity index (χ3n) is 1.57. The highest BCUT2D eigenvalue weighted by Gasteiger charge is 1.95. The highest BCUT2D eigenvalue weighted by Crippen LogP contribution is 2.02. The number of hydrazone groups is 1. The number of urea groups is 1. The first-order valence-corrected chi connectivity index (χ1v) is 4.09. The van der Waals surface area contributed by atoms with Crippen LogP contribution in [-0.2, 0) is 0 Å². The second kappa shape index (κ2) is 5.38. The smallest absolute Gasteiger partial charge is 0.332 e. The van der Waals surface area contributed by atoms with Gasteiger partial charge in [-0.05, 0) is 0 Å². The van der Waals surface area contributed by atoms with E-state index in [1.54, 1.807) is 24.3 Å². The van der Waals surface area contributed by atoms with E-state index < -0.39 is 6.03 Å². The highest BCUT2D eigenvalue weighted by molar-refractivity contribution is 5.94. The quantitative estimate of drug-likeness (QED) is 0.381. The zero-order chi connectivity index (χ0) is 11.1. The van der Waals surface area contributed by atoms with Gasteiger partial charge < -0.3 is 10.9 Å². The number of nitrogens with one attached hydrogen (secondary N) is 1. The molecule has 78 valence electrons. The van der Waals surface area contributed by atoms with Crippen LogP contribution >= 0.6 is 0 Å². The summed E-state index contributed by atoms with van der Waals surface area (Å²) < 4.78 is 0. The van der Waals surface area contributed by atoms with Crippen LogP contribution in [0.3, 0.4) is 0 Å². The average Bonchev–Trinajstić information content (AvgIpc) is 2.20. The number of nitrogens with two attached hydrogens (primary N) is 1. The Morgan fingerprint density at radius 2 is 1.93 bits per heavy atom. The number of amides is 2. The molecule has 0 aliphatic carbocycles. The number of hydrogen-bond donors (Lipinski definition) is 3. The molecule has 0 atom stereocenters. The molecule has 0 aromatic heterocycles. The second-order valence-electron chi connectivity index (χ2n) is 2.61. The van der Waals surface area contributed by atoms with Crippen LogP contribution in [0, 0.1) is 0 Å². The van der Waals surface area contributed by atoms with Crippen LogP contribution in [0.1, 0.15) is 11.1 Å². The van der Waals surface area contributed by atoms with Crippen molar-refractivity contribution >= 4 is 18.5 Å². The van der Waals surface area contributed by atoms with Crippen molar-refractivity contribution in [2.24, 2.45) is 16.0 Å². The molecule has 0 radical (unpaired) electrons. The first-order chi connectivity index (χ1) is 7.24. The number of hydrogen-bond acceptors (Lipinski definition) is 4. The van der Waals surface area contributed by atoms with Gasteiger partial charge in [-0.25, -0.2) is 10.2 Å². The van der Waals surface area contributed by atoms with Gasteiger partial charge >= 0.3 is 6.03 Å². The topological polar surface area (TPSA) is 100 Å². The zero-order valence-corrected chi connectivity index (χ0v) is 7.79. The van der Waals surface area contributed by atoms with Gasteiger partial charge in [-0.15, -0.1) is 0 Å². The van der Waals surface area contributed by atoms with E-state index in [1.807, 2.05) is 0 Å². The first kappa shape index (κ1) is 10.7. The molecule has 0 saturated carbocycles. The zero-order valence-electron chi connectivity index (χ0n) is 7.79. The van der Waals surface area contributed by atoms with Gasteiger partial charge in [0.25, 0.3) is 0 Å². The summed E-state index contributed by atoms with van der Waals surface area (Å²) in [5.74, 6) is 0. The van der Waals surface area contributed by atoms with E-state index in [4.69, 9.17) is 10.9 Å². The molecule has 0 saturated heterocycles. The molecule has 0 aliphatic heterocycles. The minimum Gasteiger partial charge on any atom is -0.411 e. The van der Waals surface area contributed by atoms with Crippen molar-refractivity contribution in [3.63, 3.8) is 0 Å². The molecule has 6 heteroatoms. The lowest BCUT2D eigenvalue weighted by molar-refractivity contribution is 0.249. The fourth-order valence-electron chi connectivity index (χ4n) is 0.974. The lowest BCUT2D eigenvalue weighted by Gasteiger charge is -1.97. The minimum atomic E-state index is -0.737. The highest BCUT2D eigenvalue weighted by atomic mass is 16.4. The molecule has 6 nitrogen and oxygen atoms in total. The Labute approximate surface area is 86.1 Å². The predicted octanol–water partition coefficient (Wildman–Crippen LogP) is 0.497. The number of rotatable bonds is 3. The van der Waals surface area contributed by atoms with Gasteiger partial charge in [-0.1, -0.05) is 29.4 Å². The van der Waals surface area contributed by atoms with E-state index in [-0.39, 0.29) is 0 Å². The Kier molecular flexibility index (Phi) is 3.84. The summed E-state index contributed by atoms with van der Waals surface area (Å²) in [6.45, 7) is 0. The van der Waals surface area contributed by atoms with Gasteiger partial charge in [0.2, 0.25) is 0 Å². The van der Waals surface area contributed by atoms with E-state index in [0.717, 1.165) is 0 Å². The summed E-state index contributed by atoms with van der Waals surface area (Å²) in [5.41, 5.74) is 8.26. The summed E-state index contributed by atoms with van der Waals surface area (Å²) >= 11 is 0. The molecular formula is C9H10N4O2. The lowest BCUT2D eigenvalue weighted by atomic mass is 10.1. The van der Waals surface area contributed by atoms with Crippen molar-refractivity contribution in [3.05, 3.63) is 35.4 Å². The standard InChI is InChI=1S/C9H10N4O2/c10-9(14)13-11-5-7-3-1-2-4-8(7)6-12-15/h1-6,15H,(H3,10,13,14). The molecule has 1 aromatic carbocycles. The van der Waals surface area contributed by atoms with Crippen molar-refractivity contribution in [1.29, 1.82) is 0 Å². The normalized spacial score (nSPS) is 10.9. The summed E-state index contributed by atoms with van der Waals surface area (Å²) in [4.78, 5) is 10.3. The number of oxime groups is 1. The molecule has 0 bridgehead atoms. The van der Waals surface area contributed by atoms with Crippen LogP contribution in [-0.4, -0.2) is 23.7 Å². The molecule has 0 unspecified atom stereocenters. The molecule has 0 aliphatic rings. The molecule has 0 fully saturated rings. The second-order valence-corrected chi connectivity index (χ2v) is 2.61. The average molecular weight is 206 g/mol. The molecule has 4 N–H and O–H groups in total. The van der Waals surface area contributed by atoms with Gasteiger partial charge in [-0.3, -0.25) is 0 Å². The lowest BCUT2D eigenvalue weighted by Crippen LogP contribution is -2.24. The monoisotopic (exact) mass is 206 g/mol. The third kappa shape index (κ3) is 3.47. The number of carbonyl (C=O) groups excluding carboxylic acids is 1. The SMILES string of the molecule is NC(=O)NN=Cc1ccccc1C=NO. The van der Waals surface area contributed by atoms with Crippen molar-refractivity contribution in [2.75, 3.05) is 0 Å². The predicted molar refractivity (Wildman–Crippen MR) is 56.1 cm³/mol. The van der Waals surface area contributed by atoms with E-state index in [9.17, 15) is 4.79 Å². The number of nitrogens with zero attached hydrogens (tertiary/aromatic N) is 2. The van der Waals surface area contributed by atoms with Crippen LogP contribution in [0.5, 0.6) is 0 Å². The maximum Gasteiger partial charge on any atom is 0.332 e. The van der Waals surface area contributed by atoms with Gasteiger partial charge in [0.1, 0.15) is 0 Å². The minimum absolute atomic E-state index is 0.676. The number of carbonyl (C=O) groups is 1. The maximum absolute atomic E-state index is 10.3. The van der Waals surface area contributed by atoms with Crippen molar-refractivity contribution < 1.29 is 10.0 Å². The van der Waals surface area contributed by atoms with Gasteiger partial charge in [0, 0.05) is 11.1 Å². The van der Waals surface area contributed by atoms with Crippen LogP contribution in [0.4, 0.5) is 4.79 Å². The van der Waals surface area contributed by atoms with Gasteiger partial charge in [0.05, 0.1) is 12.4 Å². The molecule has 15 heavy (non-hydrogen) atoms. The Balaban J connectivity index is 2.84. The molecule has 0 spiro atoms. The third-order valence-corrected chi connectivity index (χ3v) is 1.57. The summed E-state index contributed by atoms with van der Waals surface area (Å²) in [6, 6.07) is 6.34. The first-order valence-electron chi connectivity index (χ1n) is 4.09. The van der Waals surface area contributed by atoms with Crippen LogP contribution in [0.2, 0.25) is 0 Å². The molecule has 2 amide bonds. The summed E-state index contributed by atoms with van der Waals surface area (Å²) in [6.07, 6.45) is 2.67. The summed E-state index contributed by atoms with van der Waals surface area (Å²) in [5, 5.41) is 14.9. The number of primary amides is 1.